The second-order valence-corrected chi connectivity index (χ2v) is 5.97. The third-order valence-corrected chi connectivity index (χ3v) is 3.75. The zero-order chi connectivity index (χ0) is 22.4. The number of nitrogens with zero attached hydrogens (tertiary/aromatic N) is 3. The highest BCUT2D eigenvalue weighted by Crippen LogP contribution is 2.28. The van der Waals surface area contributed by atoms with Gasteiger partial charge >= 0.3 is 12.1 Å². The monoisotopic (exact) mass is 436 g/mol. The summed E-state index contributed by atoms with van der Waals surface area (Å²) in [6, 6.07) is 8.28. The van der Waals surface area contributed by atoms with E-state index >= 15 is 0 Å². The number of esters is 1. The van der Waals surface area contributed by atoms with Crippen LogP contribution in [0.15, 0.2) is 58.4 Å². The van der Waals surface area contributed by atoms with Gasteiger partial charge in [0.25, 0.3) is 5.91 Å². The van der Waals surface area contributed by atoms with Gasteiger partial charge in [0.05, 0.1) is 19.6 Å². The van der Waals surface area contributed by atoms with E-state index in [-0.39, 0.29) is 17.3 Å². The van der Waals surface area contributed by atoms with Crippen LogP contribution in [0.1, 0.15) is 21.8 Å². The number of aromatic nitrogens is 2. The zero-order valence-corrected chi connectivity index (χ0v) is 15.9. The summed E-state index contributed by atoms with van der Waals surface area (Å²) in [6.07, 6.45) is -0.927. The van der Waals surface area contributed by atoms with Crippen molar-refractivity contribution in [1.82, 2.24) is 15.2 Å². The van der Waals surface area contributed by atoms with Crippen molar-refractivity contribution in [2.24, 2.45) is 5.10 Å². The Hall–Kier alpha value is -4.09. The molecule has 1 amide bonds. The average Bonchev–Trinajstić information content (AvgIpc) is 3.40. The number of carbonyl (C=O) groups excluding carboxylic acids is 2. The first-order chi connectivity index (χ1) is 14.8. The Kier molecular flexibility index (Phi) is 6.38. The molecule has 9 nitrogen and oxygen atoms in total. The molecule has 1 aromatic carbocycles. The number of amides is 1. The summed E-state index contributed by atoms with van der Waals surface area (Å²) in [6.45, 7) is -0.446. The molecule has 1 N–H and O–H groups in total. The van der Waals surface area contributed by atoms with E-state index in [0.717, 1.165) is 16.9 Å². The minimum Gasteiger partial charge on any atom is -0.493 e. The van der Waals surface area contributed by atoms with Gasteiger partial charge in [0.2, 0.25) is 5.76 Å². The first-order valence-corrected chi connectivity index (χ1v) is 8.62. The van der Waals surface area contributed by atoms with Gasteiger partial charge in [-0.05, 0) is 42.0 Å². The number of furan rings is 1. The van der Waals surface area contributed by atoms with Crippen LogP contribution in [0.5, 0.6) is 11.5 Å². The zero-order valence-electron chi connectivity index (χ0n) is 15.9. The van der Waals surface area contributed by atoms with Crippen molar-refractivity contribution < 1.29 is 36.7 Å². The molecule has 162 valence electrons. The minimum absolute atomic E-state index is 0.0231. The fourth-order valence-electron chi connectivity index (χ4n) is 2.36. The number of carbonyl (C=O) groups is 2. The van der Waals surface area contributed by atoms with E-state index in [4.69, 9.17) is 13.9 Å². The van der Waals surface area contributed by atoms with Crippen molar-refractivity contribution in [2.45, 2.75) is 12.7 Å². The number of benzene rings is 1. The van der Waals surface area contributed by atoms with E-state index in [1.165, 1.54) is 37.8 Å². The number of hydrazone groups is 1. The number of hydrogen-bond acceptors (Lipinski definition) is 7. The SMILES string of the molecule is COc1cc(C=NNC(=O)Cn2ccc(C(F)(F)F)n2)ccc1OC(=O)c1ccco1. The molecule has 31 heavy (non-hydrogen) atoms. The molecule has 0 unspecified atom stereocenters. The third kappa shape index (κ3) is 5.72. The van der Waals surface area contributed by atoms with Gasteiger partial charge in [0, 0.05) is 6.20 Å². The van der Waals surface area contributed by atoms with Gasteiger partial charge in [-0.2, -0.15) is 23.4 Å². The van der Waals surface area contributed by atoms with Crippen LogP contribution in [0.25, 0.3) is 0 Å². The lowest BCUT2D eigenvalue weighted by Gasteiger charge is -2.09. The molecule has 3 aromatic rings. The maximum Gasteiger partial charge on any atom is 0.435 e. The molecule has 0 aliphatic rings. The van der Waals surface area contributed by atoms with Crippen molar-refractivity contribution in [3.05, 3.63) is 65.9 Å². The molecule has 0 aliphatic heterocycles. The summed E-state index contributed by atoms with van der Waals surface area (Å²) in [5, 5.41) is 7.01. The summed E-state index contributed by atoms with van der Waals surface area (Å²) < 4.78 is 53.8. The molecule has 12 heteroatoms. The fraction of sp³-hybridized carbons (Fsp3) is 0.158. The summed E-state index contributed by atoms with van der Waals surface area (Å²) in [7, 11) is 1.38. The van der Waals surface area contributed by atoms with E-state index < -0.39 is 30.3 Å². The van der Waals surface area contributed by atoms with E-state index in [0.29, 0.717) is 5.56 Å². The van der Waals surface area contributed by atoms with Crippen LogP contribution in [-0.2, 0) is 17.5 Å². The molecule has 2 heterocycles. The van der Waals surface area contributed by atoms with Crippen molar-refractivity contribution >= 4 is 18.1 Å². The fourth-order valence-corrected chi connectivity index (χ4v) is 2.36. The Morgan fingerprint density at radius 2 is 2.06 bits per heavy atom. The van der Waals surface area contributed by atoms with Crippen LogP contribution in [0.2, 0.25) is 0 Å². The molecule has 0 spiro atoms. The van der Waals surface area contributed by atoms with Crippen LogP contribution < -0.4 is 14.9 Å². The van der Waals surface area contributed by atoms with Gasteiger partial charge in [-0.3, -0.25) is 9.48 Å². The highest BCUT2D eigenvalue weighted by atomic mass is 19.4. The lowest BCUT2D eigenvalue weighted by atomic mass is 10.2. The van der Waals surface area contributed by atoms with Crippen LogP contribution in [0, 0.1) is 0 Å². The quantitative estimate of drug-likeness (QED) is 0.264. The van der Waals surface area contributed by atoms with Crippen molar-refractivity contribution in [3.63, 3.8) is 0 Å². The molecule has 0 radical (unpaired) electrons. The number of hydrogen-bond donors (Lipinski definition) is 1. The van der Waals surface area contributed by atoms with Gasteiger partial charge in [-0.25, -0.2) is 10.2 Å². The molecular weight excluding hydrogens is 421 g/mol. The van der Waals surface area contributed by atoms with Crippen molar-refractivity contribution in [2.75, 3.05) is 7.11 Å². The van der Waals surface area contributed by atoms with Crippen LogP contribution in [-0.4, -0.2) is 35.0 Å². The minimum atomic E-state index is -4.59. The topological polar surface area (TPSA) is 108 Å². The van der Waals surface area contributed by atoms with Crippen LogP contribution in [0.3, 0.4) is 0 Å². The first kappa shape index (κ1) is 21.6. The van der Waals surface area contributed by atoms with Gasteiger partial charge in [0.15, 0.2) is 17.2 Å². The number of ether oxygens (including phenoxy) is 2. The van der Waals surface area contributed by atoms with Crippen molar-refractivity contribution in [1.29, 1.82) is 0 Å². The van der Waals surface area contributed by atoms with Crippen LogP contribution >= 0.6 is 0 Å². The molecular formula is C19H15F3N4O5. The molecule has 0 aliphatic carbocycles. The predicted molar refractivity (Wildman–Crippen MR) is 99.6 cm³/mol. The van der Waals surface area contributed by atoms with Gasteiger partial charge in [-0.15, -0.1) is 0 Å². The Morgan fingerprint density at radius 1 is 1.26 bits per heavy atom. The van der Waals surface area contributed by atoms with E-state index in [2.05, 4.69) is 15.6 Å². The maximum absolute atomic E-state index is 12.5. The number of halogens is 3. The Balaban J connectivity index is 1.58. The summed E-state index contributed by atoms with van der Waals surface area (Å²) in [5.41, 5.74) is 1.58. The molecule has 0 saturated carbocycles. The number of alkyl halides is 3. The molecule has 0 saturated heterocycles. The summed E-state index contributed by atoms with van der Waals surface area (Å²) in [5.74, 6) is -0.987. The number of methoxy groups -OCH3 is 1. The smallest absolute Gasteiger partial charge is 0.435 e. The normalized spacial score (nSPS) is 11.5. The molecule has 3 rings (SSSR count). The van der Waals surface area contributed by atoms with E-state index in [1.807, 2.05) is 0 Å². The second kappa shape index (κ2) is 9.15. The third-order valence-electron chi connectivity index (χ3n) is 3.75. The van der Waals surface area contributed by atoms with Gasteiger partial charge in [-0.1, -0.05) is 0 Å². The maximum atomic E-state index is 12.5. The number of rotatable bonds is 7. The Bertz CT molecular complexity index is 1090. The van der Waals surface area contributed by atoms with E-state index in [1.54, 1.807) is 12.1 Å². The second-order valence-electron chi connectivity index (χ2n) is 5.97. The number of nitrogens with one attached hydrogen (secondary N) is 1. The summed E-state index contributed by atoms with van der Waals surface area (Å²) >= 11 is 0. The molecule has 2 aromatic heterocycles. The Morgan fingerprint density at radius 3 is 2.71 bits per heavy atom. The molecule has 0 fully saturated rings. The lowest BCUT2D eigenvalue weighted by molar-refractivity contribution is -0.141. The highest BCUT2D eigenvalue weighted by Gasteiger charge is 2.33. The van der Waals surface area contributed by atoms with Gasteiger partial charge < -0.3 is 13.9 Å². The Labute approximate surface area is 173 Å². The standard InChI is InChI=1S/C19H15F3N4O5/c1-29-15-9-12(4-5-13(15)31-18(28)14-3-2-8-30-14)10-23-24-17(27)11-26-7-6-16(25-26)19(20,21)22/h2-10H,11H2,1H3,(H,24,27). The van der Waals surface area contributed by atoms with Gasteiger partial charge in [0.1, 0.15) is 6.54 Å². The first-order valence-electron chi connectivity index (χ1n) is 8.62. The highest BCUT2D eigenvalue weighted by molar-refractivity contribution is 5.89. The van der Waals surface area contributed by atoms with Crippen molar-refractivity contribution in [3.8, 4) is 11.5 Å². The largest absolute Gasteiger partial charge is 0.493 e. The lowest BCUT2D eigenvalue weighted by Crippen LogP contribution is -2.23. The van der Waals surface area contributed by atoms with E-state index in [9.17, 15) is 22.8 Å². The average molecular weight is 436 g/mol. The van der Waals surface area contributed by atoms with Crippen LogP contribution in [0.4, 0.5) is 13.2 Å². The summed E-state index contributed by atoms with van der Waals surface area (Å²) in [4.78, 5) is 23.8. The predicted octanol–water partition coefficient (Wildman–Crippen LogP) is 2.87. The molecule has 0 atom stereocenters. The molecule has 0 bridgehead atoms.